The molecule has 2 nitrogen and oxygen atoms in total. The molecule has 0 radical (unpaired) electrons. The highest BCUT2D eigenvalue weighted by molar-refractivity contribution is 6.37. The molecule has 0 saturated heterocycles. The minimum Gasteiger partial charge on any atom is -0.322 e. The Bertz CT molecular complexity index is 916. The van der Waals surface area contributed by atoms with Gasteiger partial charge in [0, 0.05) is 10.7 Å². The van der Waals surface area contributed by atoms with Crippen LogP contribution in [0.3, 0.4) is 0 Å². The van der Waals surface area contributed by atoms with Gasteiger partial charge in [0.15, 0.2) is 0 Å². The molecule has 6 rings (SSSR count). The molecular weight excluding hydrogens is 389 g/mol. The van der Waals surface area contributed by atoms with Crippen LogP contribution in [0.5, 0.6) is 0 Å². The molecule has 4 bridgehead atoms. The maximum absolute atomic E-state index is 12.7. The minimum absolute atomic E-state index is 0.202. The third-order valence-electron chi connectivity index (χ3n) is 7.30. The molecule has 1 amide bonds. The summed E-state index contributed by atoms with van der Waals surface area (Å²) in [5, 5.41) is 3.92. The van der Waals surface area contributed by atoms with Gasteiger partial charge in [0.25, 0.3) is 5.91 Å². The number of nitrogens with one attached hydrogen (secondary N) is 1. The van der Waals surface area contributed by atoms with Crippen LogP contribution in [0.4, 0.5) is 5.69 Å². The van der Waals surface area contributed by atoms with E-state index < -0.39 is 0 Å². The van der Waals surface area contributed by atoms with Crippen molar-refractivity contribution in [1.29, 1.82) is 0 Å². The first kappa shape index (κ1) is 18.5. The van der Waals surface area contributed by atoms with Crippen LogP contribution in [-0.4, -0.2) is 5.91 Å². The average Bonchev–Trinajstić information content (AvgIpc) is 2.62. The Morgan fingerprint density at radius 3 is 2.18 bits per heavy atom. The Morgan fingerprint density at radius 1 is 0.964 bits per heavy atom. The summed E-state index contributed by atoms with van der Waals surface area (Å²) in [6, 6.07) is 11.6. The van der Waals surface area contributed by atoms with E-state index in [2.05, 4.69) is 30.4 Å². The highest BCUT2D eigenvalue weighted by Gasteiger charge is 2.51. The Kier molecular flexibility index (Phi) is 4.48. The van der Waals surface area contributed by atoms with Crippen LogP contribution in [0.2, 0.25) is 10.0 Å². The van der Waals surface area contributed by atoms with Gasteiger partial charge in [0.1, 0.15) is 0 Å². The third kappa shape index (κ3) is 3.15. The number of aryl methyl sites for hydroxylation is 1. The second-order valence-electron chi connectivity index (χ2n) is 9.31. The maximum Gasteiger partial charge on any atom is 0.257 e. The second kappa shape index (κ2) is 6.78. The quantitative estimate of drug-likeness (QED) is 0.574. The van der Waals surface area contributed by atoms with E-state index in [0.29, 0.717) is 21.0 Å². The molecule has 4 fully saturated rings. The number of hydrogen-bond acceptors (Lipinski definition) is 1. The Labute approximate surface area is 176 Å². The molecule has 28 heavy (non-hydrogen) atoms. The van der Waals surface area contributed by atoms with Crippen LogP contribution in [0.25, 0.3) is 0 Å². The number of carbonyl (C=O) groups is 1. The zero-order chi connectivity index (χ0) is 19.5. The molecule has 4 aliphatic carbocycles. The van der Waals surface area contributed by atoms with Crippen molar-refractivity contribution in [2.75, 3.05) is 5.32 Å². The Hall–Kier alpha value is -1.51. The first-order valence-electron chi connectivity index (χ1n) is 10.3. The van der Waals surface area contributed by atoms with Crippen LogP contribution in [-0.2, 0) is 5.41 Å². The lowest BCUT2D eigenvalue weighted by atomic mass is 9.48. The van der Waals surface area contributed by atoms with Crippen molar-refractivity contribution in [1.82, 2.24) is 0 Å². The molecule has 4 saturated carbocycles. The predicted molar refractivity (Wildman–Crippen MR) is 115 cm³/mol. The van der Waals surface area contributed by atoms with Crippen molar-refractivity contribution in [3.05, 3.63) is 63.1 Å². The molecule has 4 heteroatoms. The molecule has 2 aromatic carbocycles. The first-order chi connectivity index (χ1) is 13.4. The SMILES string of the molecule is Cc1cc(C23CC4CC(CC(C4)C2)C3)ccc1NC(=O)c1ccc(Cl)cc1Cl. The zero-order valence-electron chi connectivity index (χ0n) is 16.1. The molecule has 0 spiro atoms. The average molecular weight is 414 g/mol. The number of hydrogen-bond donors (Lipinski definition) is 1. The van der Waals surface area contributed by atoms with Crippen molar-refractivity contribution in [2.45, 2.75) is 50.9 Å². The standard InChI is InChI=1S/C24H25Cl2NO/c1-14-6-18(24-11-15-7-16(12-24)9-17(8-15)13-24)2-5-22(14)27-23(28)20-4-3-19(25)10-21(20)26/h2-6,10,15-17H,7-9,11-13H2,1H3,(H,27,28). The van der Waals surface area contributed by atoms with Crippen LogP contribution < -0.4 is 5.32 Å². The Balaban J connectivity index is 1.39. The molecule has 1 N–H and O–H groups in total. The molecule has 2 aromatic rings. The van der Waals surface area contributed by atoms with Gasteiger partial charge in [-0.15, -0.1) is 0 Å². The van der Waals surface area contributed by atoms with E-state index in [4.69, 9.17) is 23.2 Å². The van der Waals surface area contributed by atoms with Crippen LogP contribution in [0.15, 0.2) is 36.4 Å². The van der Waals surface area contributed by atoms with E-state index in [-0.39, 0.29) is 5.91 Å². The van der Waals surface area contributed by atoms with E-state index in [1.807, 2.05) is 0 Å². The lowest BCUT2D eigenvalue weighted by Gasteiger charge is -2.57. The Morgan fingerprint density at radius 2 is 1.61 bits per heavy atom. The van der Waals surface area contributed by atoms with Crippen molar-refractivity contribution in [3.8, 4) is 0 Å². The van der Waals surface area contributed by atoms with E-state index in [0.717, 1.165) is 29.0 Å². The van der Waals surface area contributed by atoms with Gasteiger partial charge in [-0.05, 0) is 104 Å². The summed E-state index contributed by atoms with van der Waals surface area (Å²) < 4.78 is 0. The van der Waals surface area contributed by atoms with Crippen molar-refractivity contribution < 1.29 is 4.79 Å². The fourth-order valence-corrected chi connectivity index (χ4v) is 6.96. The lowest BCUT2D eigenvalue weighted by molar-refractivity contribution is -0.00520. The van der Waals surface area contributed by atoms with Crippen LogP contribution >= 0.6 is 23.2 Å². The highest BCUT2D eigenvalue weighted by atomic mass is 35.5. The van der Waals surface area contributed by atoms with Gasteiger partial charge in [-0.2, -0.15) is 0 Å². The lowest BCUT2D eigenvalue weighted by Crippen LogP contribution is -2.48. The van der Waals surface area contributed by atoms with E-state index >= 15 is 0 Å². The topological polar surface area (TPSA) is 29.1 Å². The zero-order valence-corrected chi connectivity index (χ0v) is 17.6. The molecular formula is C24H25Cl2NO. The van der Waals surface area contributed by atoms with Crippen LogP contribution in [0, 0.1) is 24.7 Å². The monoisotopic (exact) mass is 413 g/mol. The normalized spacial score (nSPS) is 30.5. The largest absolute Gasteiger partial charge is 0.322 e. The summed E-state index contributed by atoms with van der Waals surface area (Å²) in [6.07, 6.45) is 8.41. The molecule has 0 aliphatic heterocycles. The van der Waals surface area contributed by atoms with Crippen molar-refractivity contribution in [3.63, 3.8) is 0 Å². The van der Waals surface area contributed by atoms with Gasteiger partial charge in [0.2, 0.25) is 0 Å². The van der Waals surface area contributed by atoms with Crippen LogP contribution in [0.1, 0.15) is 60.0 Å². The maximum atomic E-state index is 12.7. The molecule has 0 atom stereocenters. The van der Waals surface area contributed by atoms with Gasteiger partial charge in [-0.1, -0.05) is 35.3 Å². The summed E-state index contributed by atoms with van der Waals surface area (Å²) in [5.74, 6) is 2.58. The summed E-state index contributed by atoms with van der Waals surface area (Å²) in [7, 11) is 0. The van der Waals surface area contributed by atoms with Gasteiger partial charge < -0.3 is 5.32 Å². The summed E-state index contributed by atoms with van der Waals surface area (Å²) in [5.41, 5.74) is 4.26. The van der Waals surface area contributed by atoms with E-state index in [9.17, 15) is 4.79 Å². The fraction of sp³-hybridized carbons (Fsp3) is 0.458. The molecule has 146 valence electrons. The number of halogens is 2. The summed E-state index contributed by atoms with van der Waals surface area (Å²) >= 11 is 12.1. The number of rotatable bonds is 3. The van der Waals surface area contributed by atoms with Gasteiger partial charge in [0.05, 0.1) is 10.6 Å². The molecule has 0 aromatic heterocycles. The van der Waals surface area contributed by atoms with Gasteiger partial charge in [-0.3, -0.25) is 4.79 Å². The van der Waals surface area contributed by atoms with Crippen molar-refractivity contribution >= 4 is 34.8 Å². The number of benzene rings is 2. The predicted octanol–water partition coefficient (Wildman–Crippen LogP) is 7.02. The molecule has 4 aliphatic rings. The third-order valence-corrected chi connectivity index (χ3v) is 7.85. The number of carbonyl (C=O) groups excluding carboxylic acids is 1. The second-order valence-corrected chi connectivity index (χ2v) is 10.1. The highest BCUT2D eigenvalue weighted by Crippen LogP contribution is 2.60. The van der Waals surface area contributed by atoms with Gasteiger partial charge in [-0.25, -0.2) is 0 Å². The van der Waals surface area contributed by atoms with E-state index in [1.54, 1.807) is 18.2 Å². The van der Waals surface area contributed by atoms with Crippen molar-refractivity contribution in [2.24, 2.45) is 17.8 Å². The summed E-state index contributed by atoms with van der Waals surface area (Å²) in [6.45, 7) is 2.09. The summed E-state index contributed by atoms with van der Waals surface area (Å²) in [4.78, 5) is 12.7. The smallest absolute Gasteiger partial charge is 0.257 e. The number of amides is 1. The molecule has 0 unspecified atom stereocenters. The fourth-order valence-electron chi connectivity index (χ4n) is 6.46. The first-order valence-corrected chi connectivity index (χ1v) is 11.0. The van der Waals surface area contributed by atoms with Gasteiger partial charge >= 0.3 is 0 Å². The van der Waals surface area contributed by atoms with E-state index in [1.165, 1.54) is 44.1 Å². The number of anilines is 1. The molecule has 0 heterocycles. The minimum atomic E-state index is -0.202.